The number of ether oxygens (including phenoxy) is 2. The molecule has 2 aromatic heterocycles. The maximum absolute atomic E-state index is 13.0. The van der Waals surface area contributed by atoms with Crippen LogP contribution in [0.5, 0.6) is 5.75 Å². The second-order valence-electron chi connectivity index (χ2n) is 6.88. The average molecular weight is 396 g/mol. The van der Waals surface area contributed by atoms with Crippen molar-refractivity contribution < 1.29 is 23.2 Å². The molecule has 0 bridgehead atoms. The van der Waals surface area contributed by atoms with Gasteiger partial charge in [0.15, 0.2) is 11.9 Å². The Bertz CT molecular complexity index is 980. The summed E-state index contributed by atoms with van der Waals surface area (Å²) >= 11 is 0. The van der Waals surface area contributed by atoms with Crippen LogP contribution in [-0.4, -0.2) is 59.9 Å². The number of para-hydroxylation sites is 2. The molecule has 1 amide bonds. The van der Waals surface area contributed by atoms with Crippen LogP contribution >= 0.6 is 0 Å². The Kier molecular flexibility index (Phi) is 4.65. The van der Waals surface area contributed by atoms with Crippen LogP contribution in [0.2, 0.25) is 0 Å². The maximum Gasteiger partial charge on any atom is 0.265 e. The highest BCUT2D eigenvalue weighted by Crippen LogP contribution is 2.34. The Morgan fingerprint density at radius 3 is 2.83 bits per heavy atom. The number of anilines is 1. The van der Waals surface area contributed by atoms with Crippen molar-refractivity contribution in [1.82, 2.24) is 15.0 Å². The van der Waals surface area contributed by atoms with E-state index in [4.69, 9.17) is 18.4 Å². The number of aromatic nitrogens is 2. The first-order chi connectivity index (χ1) is 14.3. The largest absolute Gasteiger partial charge is 0.477 e. The van der Waals surface area contributed by atoms with Crippen molar-refractivity contribution >= 4 is 11.6 Å². The predicted octanol–water partition coefficient (Wildman–Crippen LogP) is 1.96. The zero-order valence-corrected chi connectivity index (χ0v) is 15.7. The van der Waals surface area contributed by atoms with Gasteiger partial charge in [-0.1, -0.05) is 17.3 Å². The molecular formula is C20H20N4O5. The van der Waals surface area contributed by atoms with Gasteiger partial charge in [0.2, 0.25) is 11.7 Å². The van der Waals surface area contributed by atoms with Crippen LogP contribution in [0.25, 0.3) is 11.6 Å². The molecule has 5 rings (SSSR count). The van der Waals surface area contributed by atoms with Gasteiger partial charge >= 0.3 is 0 Å². The summed E-state index contributed by atoms with van der Waals surface area (Å²) in [5.41, 5.74) is 0.885. The van der Waals surface area contributed by atoms with E-state index in [1.807, 2.05) is 29.2 Å². The van der Waals surface area contributed by atoms with Crippen molar-refractivity contribution in [2.75, 3.05) is 37.7 Å². The Morgan fingerprint density at radius 2 is 2.00 bits per heavy atom. The minimum Gasteiger partial charge on any atom is -0.477 e. The van der Waals surface area contributed by atoms with Gasteiger partial charge in [0, 0.05) is 13.1 Å². The molecule has 0 saturated carbocycles. The zero-order valence-electron chi connectivity index (χ0n) is 15.7. The minimum absolute atomic E-state index is 0.0328. The third-order valence-corrected chi connectivity index (χ3v) is 5.00. The maximum atomic E-state index is 13.0. The van der Waals surface area contributed by atoms with E-state index in [2.05, 4.69) is 10.1 Å². The summed E-state index contributed by atoms with van der Waals surface area (Å²) in [7, 11) is 0. The molecule has 1 atom stereocenters. The van der Waals surface area contributed by atoms with Crippen LogP contribution < -0.4 is 9.64 Å². The summed E-state index contributed by atoms with van der Waals surface area (Å²) in [6.45, 7) is 3.02. The second kappa shape index (κ2) is 7.59. The number of hydrogen-bond acceptors (Lipinski definition) is 8. The van der Waals surface area contributed by atoms with E-state index in [0.717, 1.165) is 5.69 Å². The molecular weight excluding hydrogens is 376 g/mol. The third kappa shape index (κ3) is 3.56. The molecule has 150 valence electrons. The highest BCUT2D eigenvalue weighted by atomic mass is 16.5. The number of carbonyl (C=O) groups is 1. The summed E-state index contributed by atoms with van der Waals surface area (Å²) in [4.78, 5) is 21.2. The van der Waals surface area contributed by atoms with Gasteiger partial charge in [-0.25, -0.2) is 0 Å². The zero-order chi connectivity index (χ0) is 19.6. The monoisotopic (exact) mass is 396 g/mol. The van der Waals surface area contributed by atoms with E-state index in [9.17, 15) is 4.79 Å². The first-order valence-corrected chi connectivity index (χ1v) is 9.51. The van der Waals surface area contributed by atoms with Crippen molar-refractivity contribution in [3.63, 3.8) is 0 Å². The molecule has 0 spiro atoms. The van der Waals surface area contributed by atoms with Crippen molar-refractivity contribution in [1.29, 1.82) is 0 Å². The average Bonchev–Trinajstić information content (AvgIpc) is 3.46. The smallest absolute Gasteiger partial charge is 0.265 e. The predicted molar refractivity (Wildman–Crippen MR) is 101 cm³/mol. The Labute approximate surface area is 166 Å². The van der Waals surface area contributed by atoms with Crippen molar-refractivity contribution in [3.05, 3.63) is 48.6 Å². The minimum atomic E-state index is -0.601. The van der Waals surface area contributed by atoms with Crippen molar-refractivity contribution in [3.8, 4) is 17.3 Å². The summed E-state index contributed by atoms with van der Waals surface area (Å²) < 4.78 is 22.1. The van der Waals surface area contributed by atoms with Crippen molar-refractivity contribution in [2.24, 2.45) is 0 Å². The van der Waals surface area contributed by atoms with Crippen LogP contribution in [0.3, 0.4) is 0 Å². The summed E-state index contributed by atoms with van der Waals surface area (Å²) in [6, 6.07) is 11.2. The topological polar surface area (TPSA) is 94.1 Å². The van der Waals surface area contributed by atoms with Crippen LogP contribution in [0.15, 0.2) is 51.6 Å². The van der Waals surface area contributed by atoms with E-state index >= 15 is 0 Å². The van der Waals surface area contributed by atoms with Gasteiger partial charge in [-0.05, 0) is 24.3 Å². The molecule has 4 heterocycles. The molecule has 2 aliphatic rings. The SMILES string of the molecule is O=C([C@H]1CN(Cc2nc(-c3ccco3)no2)c2ccccc2O1)N1CCOCC1. The van der Waals surface area contributed by atoms with Gasteiger partial charge in [-0.2, -0.15) is 4.98 Å². The summed E-state index contributed by atoms with van der Waals surface area (Å²) in [5, 5.41) is 3.98. The summed E-state index contributed by atoms with van der Waals surface area (Å²) in [5.74, 6) is 2.01. The van der Waals surface area contributed by atoms with E-state index < -0.39 is 6.10 Å². The number of amides is 1. The number of carbonyl (C=O) groups excluding carboxylic acids is 1. The summed E-state index contributed by atoms with van der Waals surface area (Å²) in [6.07, 6.45) is 0.960. The molecule has 0 N–H and O–H groups in total. The van der Waals surface area contributed by atoms with Gasteiger partial charge in [0.1, 0.15) is 5.75 Å². The van der Waals surface area contributed by atoms with Gasteiger partial charge in [0.05, 0.1) is 38.3 Å². The number of nitrogens with zero attached hydrogens (tertiary/aromatic N) is 4. The van der Waals surface area contributed by atoms with E-state index in [0.29, 0.717) is 62.6 Å². The Balaban J connectivity index is 1.37. The number of hydrogen-bond donors (Lipinski definition) is 0. The Morgan fingerprint density at radius 1 is 1.14 bits per heavy atom. The molecule has 1 fully saturated rings. The number of fused-ring (bicyclic) bond motifs is 1. The highest BCUT2D eigenvalue weighted by molar-refractivity contribution is 5.83. The van der Waals surface area contributed by atoms with Crippen molar-refractivity contribution in [2.45, 2.75) is 12.6 Å². The van der Waals surface area contributed by atoms with Gasteiger partial charge in [0.25, 0.3) is 5.91 Å². The van der Waals surface area contributed by atoms with Gasteiger partial charge in [-0.15, -0.1) is 0 Å². The van der Waals surface area contributed by atoms with E-state index in [1.54, 1.807) is 23.3 Å². The number of morpholine rings is 1. The fourth-order valence-electron chi connectivity index (χ4n) is 3.56. The first kappa shape index (κ1) is 17.7. The Hall–Kier alpha value is -3.33. The molecule has 0 radical (unpaired) electrons. The molecule has 29 heavy (non-hydrogen) atoms. The quantitative estimate of drug-likeness (QED) is 0.661. The first-order valence-electron chi connectivity index (χ1n) is 9.51. The molecule has 9 nitrogen and oxygen atoms in total. The van der Waals surface area contributed by atoms with Crippen LogP contribution in [0.4, 0.5) is 5.69 Å². The van der Waals surface area contributed by atoms with Crippen LogP contribution in [-0.2, 0) is 16.1 Å². The second-order valence-corrected chi connectivity index (χ2v) is 6.88. The fourth-order valence-corrected chi connectivity index (χ4v) is 3.56. The lowest BCUT2D eigenvalue weighted by atomic mass is 10.1. The van der Waals surface area contributed by atoms with Crippen LogP contribution in [0, 0.1) is 0 Å². The number of furan rings is 1. The van der Waals surface area contributed by atoms with E-state index in [-0.39, 0.29) is 5.91 Å². The number of benzene rings is 1. The lowest BCUT2D eigenvalue weighted by Crippen LogP contribution is -2.52. The van der Waals surface area contributed by atoms with E-state index in [1.165, 1.54) is 0 Å². The highest BCUT2D eigenvalue weighted by Gasteiger charge is 2.34. The molecule has 3 aromatic rings. The van der Waals surface area contributed by atoms with Gasteiger partial charge < -0.3 is 28.2 Å². The molecule has 1 saturated heterocycles. The lowest BCUT2D eigenvalue weighted by Gasteiger charge is -2.37. The molecule has 1 aromatic carbocycles. The van der Waals surface area contributed by atoms with Crippen LogP contribution in [0.1, 0.15) is 5.89 Å². The fraction of sp³-hybridized carbons (Fsp3) is 0.350. The molecule has 0 unspecified atom stereocenters. The lowest BCUT2D eigenvalue weighted by molar-refractivity contribution is -0.142. The normalized spacial score (nSPS) is 19.0. The standard InChI is InChI=1S/C20H20N4O5/c25-20(23-7-10-26-11-8-23)17-12-24(14-4-1-2-5-15(14)28-17)13-18-21-19(22-29-18)16-6-3-9-27-16/h1-6,9,17H,7-8,10-13H2/t17-/m1/s1. The molecule has 9 heteroatoms. The van der Waals surface area contributed by atoms with Gasteiger partial charge in [-0.3, -0.25) is 4.79 Å². The molecule has 2 aliphatic heterocycles. The third-order valence-electron chi connectivity index (χ3n) is 5.00. The number of rotatable bonds is 4. The molecule has 0 aliphatic carbocycles.